The zero-order chi connectivity index (χ0) is 15.9. The van der Waals surface area contributed by atoms with Crippen LogP contribution in [0.2, 0.25) is 0 Å². The lowest BCUT2D eigenvalue weighted by Crippen LogP contribution is -2.36. The molecule has 6 nitrogen and oxygen atoms in total. The Morgan fingerprint density at radius 3 is 2.57 bits per heavy atom. The van der Waals surface area contributed by atoms with Crippen molar-refractivity contribution in [2.75, 3.05) is 7.05 Å². The van der Waals surface area contributed by atoms with Crippen molar-refractivity contribution in [1.82, 2.24) is 20.8 Å². The number of nitrogens with zero attached hydrogens (tertiary/aromatic N) is 3. The molecule has 0 aliphatic carbocycles. The number of halogens is 1. The first-order valence-corrected chi connectivity index (χ1v) is 8.31. The molecule has 23 heavy (non-hydrogen) atoms. The highest BCUT2D eigenvalue weighted by Gasteiger charge is 2.13. The lowest BCUT2D eigenvalue weighted by molar-refractivity contribution is 0.380. The van der Waals surface area contributed by atoms with Gasteiger partial charge in [0, 0.05) is 36.7 Å². The molecule has 128 valence electrons. The van der Waals surface area contributed by atoms with Crippen LogP contribution in [0.1, 0.15) is 40.7 Å². The third-order valence-electron chi connectivity index (χ3n) is 3.34. The second kappa shape index (κ2) is 9.86. The number of guanidine groups is 1. The average molecular weight is 449 g/mol. The fourth-order valence-corrected chi connectivity index (χ4v) is 2.90. The Bertz CT molecular complexity index is 616. The zero-order valence-electron chi connectivity index (χ0n) is 14.0. The quantitative estimate of drug-likeness (QED) is 0.403. The van der Waals surface area contributed by atoms with E-state index in [1.54, 1.807) is 18.4 Å². The van der Waals surface area contributed by atoms with E-state index in [-0.39, 0.29) is 24.0 Å². The van der Waals surface area contributed by atoms with Gasteiger partial charge in [-0.3, -0.25) is 4.99 Å². The summed E-state index contributed by atoms with van der Waals surface area (Å²) in [4.78, 5) is 9.79. The van der Waals surface area contributed by atoms with Gasteiger partial charge in [0.1, 0.15) is 10.8 Å². The number of nitrogens with one attached hydrogen (secondary N) is 2. The van der Waals surface area contributed by atoms with E-state index in [9.17, 15) is 0 Å². The van der Waals surface area contributed by atoms with Crippen LogP contribution >= 0.6 is 35.3 Å². The van der Waals surface area contributed by atoms with Crippen LogP contribution in [0.3, 0.4) is 0 Å². The van der Waals surface area contributed by atoms with Crippen LogP contribution in [0.15, 0.2) is 15.7 Å². The van der Waals surface area contributed by atoms with Crippen LogP contribution in [0.4, 0.5) is 0 Å². The van der Waals surface area contributed by atoms with E-state index in [1.165, 1.54) is 4.88 Å². The minimum absolute atomic E-state index is 0. The van der Waals surface area contributed by atoms with Crippen molar-refractivity contribution in [2.24, 2.45) is 4.99 Å². The van der Waals surface area contributed by atoms with Crippen LogP contribution < -0.4 is 10.6 Å². The highest BCUT2D eigenvalue weighted by molar-refractivity contribution is 14.0. The maximum Gasteiger partial charge on any atom is 0.191 e. The van der Waals surface area contributed by atoms with E-state index in [4.69, 9.17) is 4.52 Å². The molecule has 0 atom stereocenters. The van der Waals surface area contributed by atoms with Gasteiger partial charge in [-0.15, -0.1) is 35.3 Å². The van der Waals surface area contributed by atoms with Crippen molar-refractivity contribution in [2.45, 2.75) is 46.7 Å². The molecule has 2 rings (SSSR count). The minimum atomic E-state index is 0. The monoisotopic (exact) mass is 449 g/mol. The van der Waals surface area contributed by atoms with Gasteiger partial charge in [-0.2, -0.15) is 0 Å². The van der Waals surface area contributed by atoms with Gasteiger partial charge in [-0.25, -0.2) is 4.98 Å². The first-order chi connectivity index (χ1) is 10.7. The molecular weight excluding hydrogens is 425 g/mol. The lowest BCUT2D eigenvalue weighted by Gasteiger charge is -2.11. The summed E-state index contributed by atoms with van der Waals surface area (Å²) in [5.41, 5.74) is 2.15. The molecule has 0 fully saturated rings. The van der Waals surface area contributed by atoms with Gasteiger partial charge in [-0.1, -0.05) is 19.0 Å². The molecule has 2 aromatic heterocycles. The average Bonchev–Trinajstić information content (AvgIpc) is 3.13. The Morgan fingerprint density at radius 2 is 2.00 bits per heavy atom. The Balaban J connectivity index is 0.00000264. The largest absolute Gasteiger partial charge is 0.361 e. The summed E-state index contributed by atoms with van der Waals surface area (Å²) in [7, 11) is 1.76. The molecule has 0 bridgehead atoms. The first kappa shape index (κ1) is 19.9. The normalized spacial score (nSPS) is 11.2. The van der Waals surface area contributed by atoms with Gasteiger partial charge < -0.3 is 15.2 Å². The molecule has 0 aliphatic heterocycles. The smallest absolute Gasteiger partial charge is 0.191 e. The Hall–Kier alpha value is -1.16. The second-order valence-corrected chi connectivity index (χ2v) is 6.20. The number of aryl methyl sites for hydroxylation is 3. The van der Waals surface area contributed by atoms with Crippen LogP contribution in [0, 0.1) is 6.92 Å². The SMILES string of the molecule is CCc1noc(CC)c1CNC(=NC)NCc1ncc(C)s1.I. The zero-order valence-corrected chi connectivity index (χ0v) is 17.1. The molecule has 0 aliphatic rings. The molecule has 8 heteroatoms. The third kappa shape index (κ3) is 5.45. The summed E-state index contributed by atoms with van der Waals surface area (Å²) in [5, 5.41) is 11.8. The second-order valence-electron chi connectivity index (χ2n) is 4.88. The fourth-order valence-electron chi connectivity index (χ4n) is 2.17. The first-order valence-electron chi connectivity index (χ1n) is 7.50. The van der Waals surface area contributed by atoms with Gasteiger partial charge in [-0.05, 0) is 13.3 Å². The summed E-state index contributed by atoms with van der Waals surface area (Å²) in [5.74, 6) is 1.69. The third-order valence-corrected chi connectivity index (χ3v) is 4.25. The Kier molecular flexibility index (Phi) is 8.53. The highest BCUT2D eigenvalue weighted by Crippen LogP contribution is 2.15. The van der Waals surface area contributed by atoms with E-state index < -0.39 is 0 Å². The molecule has 2 aromatic rings. The van der Waals surface area contributed by atoms with Gasteiger partial charge in [0.25, 0.3) is 0 Å². The number of aromatic nitrogens is 2. The van der Waals surface area contributed by atoms with Crippen LogP contribution in [-0.4, -0.2) is 23.1 Å². The molecule has 0 radical (unpaired) electrons. The number of rotatable bonds is 6. The standard InChI is InChI=1S/C15H23N5OS.HI/c1-5-12-11(13(6-2)21-20-12)8-18-15(16-4)19-9-14-17-7-10(3)22-14;/h7H,5-6,8-9H2,1-4H3,(H2,16,18,19);1H. The number of hydrogen-bond acceptors (Lipinski definition) is 5. The van der Waals surface area contributed by atoms with Gasteiger partial charge in [0.2, 0.25) is 0 Å². The summed E-state index contributed by atoms with van der Waals surface area (Å²) in [6, 6.07) is 0. The van der Waals surface area contributed by atoms with E-state index in [1.807, 2.05) is 6.20 Å². The van der Waals surface area contributed by atoms with E-state index >= 15 is 0 Å². The maximum absolute atomic E-state index is 5.38. The number of hydrogen-bond donors (Lipinski definition) is 2. The minimum Gasteiger partial charge on any atom is -0.361 e. The summed E-state index contributed by atoms with van der Waals surface area (Å²) >= 11 is 1.69. The van der Waals surface area contributed by atoms with Crippen LogP contribution in [0.25, 0.3) is 0 Å². The van der Waals surface area contributed by atoms with E-state index in [2.05, 4.69) is 46.5 Å². The van der Waals surface area contributed by atoms with Crippen molar-refractivity contribution in [3.63, 3.8) is 0 Å². The summed E-state index contributed by atoms with van der Waals surface area (Å²) in [6.07, 6.45) is 3.59. The van der Waals surface area contributed by atoms with Gasteiger partial charge >= 0.3 is 0 Å². The van der Waals surface area contributed by atoms with Crippen molar-refractivity contribution in [3.05, 3.63) is 33.1 Å². The number of aliphatic imine (C=N–C) groups is 1. The van der Waals surface area contributed by atoms with E-state index in [0.717, 1.165) is 40.8 Å². The van der Waals surface area contributed by atoms with Crippen molar-refractivity contribution in [1.29, 1.82) is 0 Å². The van der Waals surface area contributed by atoms with Crippen molar-refractivity contribution in [3.8, 4) is 0 Å². The fraction of sp³-hybridized carbons (Fsp3) is 0.533. The highest BCUT2D eigenvalue weighted by atomic mass is 127. The lowest BCUT2D eigenvalue weighted by atomic mass is 10.1. The molecule has 0 saturated carbocycles. The summed E-state index contributed by atoms with van der Waals surface area (Å²) < 4.78 is 5.38. The molecule has 0 aromatic carbocycles. The topological polar surface area (TPSA) is 75.3 Å². The number of thiazole rings is 1. The molecular formula is C15H24IN5OS. The Labute approximate surface area is 158 Å². The predicted molar refractivity (Wildman–Crippen MR) is 105 cm³/mol. The molecule has 0 spiro atoms. The van der Waals surface area contributed by atoms with Crippen LogP contribution in [-0.2, 0) is 25.9 Å². The van der Waals surface area contributed by atoms with Crippen molar-refractivity contribution < 1.29 is 4.52 Å². The van der Waals surface area contributed by atoms with Crippen molar-refractivity contribution >= 4 is 41.3 Å². The maximum atomic E-state index is 5.38. The molecule has 0 amide bonds. The molecule has 0 unspecified atom stereocenters. The summed E-state index contributed by atoms with van der Waals surface area (Å²) in [6.45, 7) is 7.54. The Morgan fingerprint density at radius 1 is 1.26 bits per heavy atom. The molecule has 2 heterocycles. The van der Waals surface area contributed by atoms with Crippen LogP contribution in [0.5, 0.6) is 0 Å². The van der Waals surface area contributed by atoms with Gasteiger partial charge in [0.15, 0.2) is 5.96 Å². The van der Waals surface area contributed by atoms with Gasteiger partial charge in [0.05, 0.1) is 12.2 Å². The van der Waals surface area contributed by atoms with E-state index in [0.29, 0.717) is 13.1 Å². The molecule has 2 N–H and O–H groups in total. The predicted octanol–water partition coefficient (Wildman–Crippen LogP) is 3.05. The molecule has 0 saturated heterocycles.